The average Bonchev–Trinajstić information content (AvgIpc) is 2.70. The van der Waals surface area contributed by atoms with E-state index in [0.717, 1.165) is 16.6 Å². The normalized spacial score (nSPS) is 10.7. The molecule has 29 heavy (non-hydrogen) atoms. The van der Waals surface area contributed by atoms with E-state index in [1.165, 1.54) is 6.33 Å². The first-order valence-corrected chi connectivity index (χ1v) is 8.75. The highest BCUT2D eigenvalue weighted by atomic mass is 16.6. The number of aryl methyl sites for hydroxylation is 2. The Balaban J connectivity index is 1.78. The number of anilines is 2. The van der Waals surface area contributed by atoms with Gasteiger partial charge >= 0.3 is 11.6 Å². The van der Waals surface area contributed by atoms with Gasteiger partial charge in [-0.3, -0.25) is 10.1 Å². The van der Waals surface area contributed by atoms with Crippen LogP contribution in [0.1, 0.15) is 11.3 Å². The molecule has 0 aliphatic heterocycles. The molecule has 0 saturated heterocycles. The van der Waals surface area contributed by atoms with Crippen molar-refractivity contribution in [3.05, 3.63) is 76.4 Å². The van der Waals surface area contributed by atoms with Crippen LogP contribution < -0.4 is 10.1 Å². The van der Waals surface area contributed by atoms with Crippen LogP contribution in [-0.2, 0) is 0 Å². The third kappa shape index (κ3) is 3.65. The van der Waals surface area contributed by atoms with Crippen molar-refractivity contribution in [3.63, 3.8) is 0 Å². The van der Waals surface area contributed by atoms with Crippen LogP contribution in [0.3, 0.4) is 0 Å². The van der Waals surface area contributed by atoms with Crippen molar-refractivity contribution >= 4 is 28.2 Å². The van der Waals surface area contributed by atoms with Crippen LogP contribution in [0.5, 0.6) is 11.6 Å². The van der Waals surface area contributed by atoms with E-state index in [1.807, 2.05) is 38.1 Å². The van der Waals surface area contributed by atoms with Gasteiger partial charge in [-0.05, 0) is 37.6 Å². The summed E-state index contributed by atoms with van der Waals surface area (Å²) in [5, 5.41) is 15.5. The summed E-state index contributed by atoms with van der Waals surface area (Å²) in [6.45, 7) is 3.70. The number of para-hydroxylation sites is 1. The Bertz CT molecular complexity index is 1230. The van der Waals surface area contributed by atoms with E-state index in [9.17, 15) is 10.1 Å². The summed E-state index contributed by atoms with van der Waals surface area (Å²) >= 11 is 0. The van der Waals surface area contributed by atoms with Crippen molar-refractivity contribution in [1.82, 2.24) is 19.9 Å². The second kappa shape index (κ2) is 7.47. The summed E-state index contributed by atoms with van der Waals surface area (Å²) in [5.41, 5.74) is 1.83. The number of rotatable bonds is 5. The number of fused-ring (bicyclic) bond motifs is 1. The topological polar surface area (TPSA) is 116 Å². The highest BCUT2D eigenvalue weighted by molar-refractivity contribution is 5.85. The zero-order valence-corrected chi connectivity index (χ0v) is 15.7. The molecular weight excluding hydrogens is 372 g/mol. The van der Waals surface area contributed by atoms with Crippen molar-refractivity contribution in [2.24, 2.45) is 0 Å². The maximum Gasteiger partial charge on any atom is 0.373 e. The molecule has 3 heterocycles. The first-order chi connectivity index (χ1) is 14.0. The minimum absolute atomic E-state index is 0.00817. The maximum absolute atomic E-state index is 11.8. The summed E-state index contributed by atoms with van der Waals surface area (Å²) < 4.78 is 5.83. The fourth-order valence-electron chi connectivity index (χ4n) is 2.83. The molecule has 0 unspecified atom stereocenters. The predicted octanol–water partition coefficient (Wildman–Crippen LogP) is 4.48. The molecule has 0 saturated carbocycles. The van der Waals surface area contributed by atoms with Gasteiger partial charge in [0.05, 0.1) is 4.92 Å². The van der Waals surface area contributed by atoms with Gasteiger partial charge in [-0.15, -0.1) is 0 Å². The highest BCUT2D eigenvalue weighted by Crippen LogP contribution is 2.37. The summed E-state index contributed by atoms with van der Waals surface area (Å²) in [5.74, 6) is 0.638. The van der Waals surface area contributed by atoms with Crippen molar-refractivity contribution in [3.8, 4) is 11.6 Å². The van der Waals surface area contributed by atoms with Gasteiger partial charge in [0.1, 0.15) is 17.7 Å². The predicted molar refractivity (Wildman–Crippen MR) is 107 cm³/mol. The molecule has 0 spiro atoms. The lowest BCUT2D eigenvalue weighted by molar-refractivity contribution is -0.385. The lowest BCUT2D eigenvalue weighted by atomic mass is 10.2. The molecule has 9 nitrogen and oxygen atoms in total. The number of ether oxygens (including phenoxy) is 1. The van der Waals surface area contributed by atoms with E-state index < -0.39 is 4.92 Å². The highest BCUT2D eigenvalue weighted by Gasteiger charge is 2.26. The smallest absolute Gasteiger partial charge is 0.373 e. The first-order valence-electron chi connectivity index (χ1n) is 8.75. The molecule has 0 atom stereocenters. The molecule has 1 N–H and O–H groups in total. The molecule has 0 radical (unpaired) electrons. The molecule has 4 rings (SSSR count). The number of pyridine rings is 2. The molecule has 144 valence electrons. The van der Waals surface area contributed by atoms with E-state index >= 15 is 0 Å². The molecule has 0 bridgehead atoms. The number of hydrogen-bond acceptors (Lipinski definition) is 8. The van der Waals surface area contributed by atoms with Gasteiger partial charge in [-0.2, -0.15) is 4.98 Å². The molecule has 1 aromatic carbocycles. The first kappa shape index (κ1) is 18.2. The quantitative estimate of drug-likeness (QED) is 0.393. The second-order valence-electron chi connectivity index (χ2n) is 6.31. The fraction of sp³-hybridized carbons (Fsp3) is 0.100. The zero-order valence-electron chi connectivity index (χ0n) is 15.7. The van der Waals surface area contributed by atoms with Crippen LogP contribution in [0, 0.1) is 24.0 Å². The summed E-state index contributed by atoms with van der Waals surface area (Å²) in [7, 11) is 0. The molecule has 0 aliphatic rings. The Labute approximate surface area is 165 Å². The number of nitro groups is 1. The third-order valence-electron chi connectivity index (χ3n) is 4.25. The van der Waals surface area contributed by atoms with Crippen LogP contribution >= 0.6 is 0 Å². The van der Waals surface area contributed by atoms with E-state index in [0.29, 0.717) is 17.1 Å². The zero-order chi connectivity index (χ0) is 20.4. The Morgan fingerprint density at radius 2 is 1.86 bits per heavy atom. The van der Waals surface area contributed by atoms with Crippen LogP contribution in [-0.4, -0.2) is 24.9 Å². The Morgan fingerprint density at radius 1 is 1.00 bits per heavy atom. The SMILES string of the molecule is Cc1ccc2cccc(Oc3ncnc(Nc4ncccc4C)c3[N+](=O)[O-])c2n1. The molecule has 0 amide bonds. The summed E-state index contributed by atoms with van der Waals surface area (Å²) in [6, 6.07) is 12.8. The number of nitrogens with zero attached hydrogens (tertiary/aromatic N) is 5. The van der Waals surface area contributed by atoms with Gasteiger partial charge in [-0.25, -0.2) is 15.0 Å². The molecule has 0 aliphatic carbocycles. The Kier molecular flexibility index (Phi) is 4.70. The third-order valence-corrected chi connectivity index (χ3v) is 4.25. The molecular formula is C20H16N6O3. The minimum Gasteiger partial charge on any atom is -0.431 e. The van der Waals surface area contributed by atoms with Crippen LogP contribution in [0.4, 0.5) is 17.3 Å². The lowest BCUT2D eigenvalue weighted by Crippen LogP contribution is -2.05. The average molecular weight is 388 g/mol. The number of benzene rings is 1. The fourth-order valence-corrected chi connectivity index (χ4v) is 2.83. The van der Waals surface area contributed by atoms with Gasteiger partial charge in [0.25, 0.3) is 0 Å². The van der Waals surface area contributed by atoms with Crippen molar-refractivity contribution in [2.45, 2.75) is 13.8 Å². The minimum atomic E-state index is -0.584. The molecule has 4 aromatic rings. The molecule has 9 heteroatoms. The van der Waals surface area contributed by atoms with E-state index in [2.05, 4.69) is 25.3 Å². The van der Waals surface area contributed by atoms with E-state index in [4.69, 9.17) is 4.74 Å². The van der Waals surface area contributed by atoms with Gasteiger partial charge in [-0.1, -0.05) is 24.3 Å². The second-order valence-corrected chi connectivity index (χ2v) is 6.31. The lowest BCUT2D eigenvalue weighted by Gasteiger charge is -2.11. The van der Waals surface area contributed by atoms with Crippen molar-refractivity contribution < 1.29 is 9.66 Å². The van der Waals surface area contributed by atoms with Crippen LogP contribution in [0.15, 0.2) is 55.0 Å². The molecule has 3 aromatic heterocycles. The summed E-state index contributed by atoms with van der Waals surface area (Å²) in [6.07, 6.45) is 2.79. The maximum atomic E-state index is 11.8. The van der Waals surface area contributed by atoms with Gasteiger partial charge < -0.3 is 10.1 Å². The standard InChI is InChI=1S/C20H16N6O3/c1-12-5-4-10-21-18(12)25-19-17(26(27)28)20(23-11-22-19)29-15-7-3-6-14-9-8-13(2)24-16(14)15/h3-11H,1-2H3,(H,21,22,23,25). The van der Waals surface area contributed by atoms with Gasteiger partial charge in [0.2, 0.25) is 5.82 Å². The summed E-state index contributed by atoms with van der Waals surface area (Å²) in [4.78, 5) is 27.9. The van der Waals surface area contributed by atoms with Crippen molar-refractivity contribution in [2.75, 3.05) is 5.32 Å². The molecule has 0 fully saturated rings. The largest absolute Gasteiger partial charge is 0.431 e. The van der Waals surface area contributed by atoms with Crippen LogP contribution in [0.2, 0.25) is 0 Å². The van der Waals surface area contributed by atoms with Crippen LogP contribution in [0.25, 0.3) is 10.9 Å². The van der Waals surface area contributed by atoms with Crippen molar-refractivity contribution in [1.29, 1.82) is 0 Å². The Morgan fingerprint density at radius 3 is 2.66 bits per heavy atom. The van der Waals surface area contributed by atoms with Gasteiger partial charge in [0, 0.05) is 17.3 Å². The number of hydrogen-bond donors (Lipinski definition) is 1. The number of aromatic nitrogens is 4. The van der Waals surface area contributed by atoms with E-state index in [-0.39, 0.29) is 17.4 Å². The van der Waals surface area contributed by atoms with E-state index in [1.54, 1.807) is 24.4 Å². The number of nitrogens with one attached hydrogen (secondary N) is 1. The monoisotopic (exact) mass is 388 g/mol. The van der Waals surface area contributed by atoms with Gasteiger partial charge in [0.15, 0.2) is 5.75 Å². The Hall–Kier alpha value is -4.14.